The van der Waals surface area contributed by atoms with Gasteiger partial charge in [-0.2, -0.15) is 0 Å². The highest BCUT2D eigenvalue weighted by Crippen LogP contribution is 2.47. The Balaban J connectivity index is 1.19. The van der Waals surface area contributed by atoms with Crippen molar-refractivity contribution < 1.29 is 56.8 Å². The molecule has 0 aromatic carbocycles. The minimum Gasteiger partial charge on any atom is -0.346 e. The molecule has 0 aromatic heterocycles. The molecule has 0 radical (unpaired) electrons. The second kappa shape index (κ2) is 22.5. The summed E-state index contributed by atoms with van der Waals surface area (Å²) >= 11 is 0. The lowest BCUT2D eigenvalue weighted by Crippen LogP contribution is -2.61. The molecule has 0 amide bonds. The summed E-state index contributed by atoms with van der Waals surface area (Å²) in [4.78, 5) is 0. The highest BCUT2D eigenvalue weighted by Gasteiger charge is 2.55. The first-order valence-electron chi connectivity index (χ1n) is 27.3. The van der Waals surface area contributed by atoms with Crippen LogP contribution < -0.4 is 0 Å². The van der Waals surface area contributed by atoms with Crippen molar-refractivity contribution in [1.82, 2.24) is 0 Å². The molecular weight excluding hydrogens is 841 g/mol. The first-order chi connectivity index (χ1) is 31.4. The molecule has 0 saturated carbocycles. The van der Waals surface area contributed by atoms with E-state index in [0.29, 0.717) is 0 Å². The smallest absolute Gasteiger partial charge is 0.161 e. The van der Waals surface area contributed by atoms with E-state index in [2.05, 4.69) is 125 Å². The highest BCUT2D eigenvalue weighted by molar-refractivity contribution is 4.96. The number of ether oxygens (including phenoxy) is 12. The van der Waals surface area contributed by atoms with Gasteiger partial charge in [0, 0.05) is 35.5 Å². The summed E-state index contributed by atoms with van der Waals surface area (Å²) in [6.07, 6.45) is 0.613. The van der Waals surface area contributed by atoms with E-state index in [-0.39, 0.29) is 144 Å². The van der Waals surface area contributed by atoms with Crippen molar-refractivity contribution in [2.45, 2.75) is 274 Å². The Morgan fingerprint density at radius 2 is 0.303 bits per heavy atom. The van der Waals surface area contributed by atoms with Gasteiger partial charge in [-0.15, -0.1) is 0 Å². The van der Waals surface area contributed by atoms with E-state index in [1.54, 1.807) is 0 Å². The highest BCUT2D eigenvalue weighted by atomic mass is 16.8. The van der Waals surface area contributed by atoms with Crippen LogP contribution in [-0.2, 0) is 56.8 Å². The standard InChI is InChI=1S/C54H96O12/c1-19-37-43-25(7)31(13)49(55-37)62-44-27(9)33(15)51(57-38(44)20-2)64-46-29(11)35(17)53(59-40(46)22-4)66-48-30(12)36(18)54(60-42(48)24-6)65-47-28(10)34(16)52(58-41(47)23-5)63-45-26(8)32(14)50(61-43)56-39(45)21-3/h25-54H,19-24H2,1-18H3/t25-,26-,27-,28-,29-,30-,31+,32?,33?,34?,35?,36?,37?,38?,39?,40?,41?,42?,43?,44+,45+,46+,47+,48+,49?,50+,51+,52+,53+,54+/m1/s1. The van der Waals surface area contributed by atoms with Gasteiger partial charge in [-0.3, -0.25) is 0 Å². The molecule has 30 atom stereocenters. The number of hydrogen-bond acceptors (Lipinski definition) is 12. The van der Waals surface area contributed by atoms with Crippen LogP contribution in [0.5, 0.6) is 0 Å². The minimum absolute atomic E-state index is 0.0792. The average molecular weight is 937 g/mol. The normalized spacial score (nSPS) is 55.4. The Morgan fingerprint density at radius 3 is 0.409 bits per heavy atom. The van der Waals surface area contributed by atoms with Gasteiger partial charge in [0.15, 0.2) is 37.7 Å². The fraction of sp³-hybridized carbons (Fsp3) is 1.00. The maximum atomic E-state index is 7.13. The van der Waals surface area contributed by atoms with Crippen molar-refractivity contribution >= 4 is 0 Å². The average Bonchev–Trinajstić information content (AvgIpc) is 3.31. The Labute approximate surface area is 400 Å². The Hall–Kier alpha value is -0.480. The van der Waals surface area contributed by atoms with Crippen molar-refractivity contribution in [2.24, 2.45) is 71.0 Å². The fourth-order valence-corrected chi connectivity index (χ4v) is 12.7. The van der Waals surface area contributed by atoms with E-state index in [1.165, 1.54) is 0 Å². The Kier molecular flexibility index (Phi) is 18.2. The van der Waals surface area contributed by atoms with Crippen LogP contribution in [0.3, 0.4) is 0 Å². The molecule has 22 heterocycles. The van der Waals surface area contributed by atoms with E-state index in [0.717, 1.165) is 38.5 Å². The molecule has 12 bridgehead atoms. The third-order valence-electron chi connectivity index (χ3n) is 18.9. The summed E-state index contributed by atoms with van der Waals surface area (Å²) in [6.45, 7) is 40.4. The maximum absolute atomic E-state index is 7.13. The largest absolute Gasteiger partial charge is 0.346 e. The lowest BCUT2D eigenvalue weighted by molar-refractivity contribution is -0.376. The Bertz CT molecular complexity index is 1210. The lowest BCUT2D eigenvalue weighted by atomic mass is 9.80. The summed E-state index contributed by atoms with van der Waals surface area (Å²) in [5.74, 6) is 1.45. The molecule has 12 heteroatoms. The van der Waals surface area contributed by atoms with Crippen LogP contribution in [-0.4, -0.2) is 111 Å². The zero-order valence-corrected chi connectivity index (χ0v) is 44.5. The van der Waals surface area contributed by atoms with Crippen LogP contribution in [0.15, 0.2) is 0 Å². The molecule has 66 heavy (non-hydrogen) atoms. The first-order valence-corrected chi connectivity index (χ1v) is 27.3. The monoisotopic (exact) mass is 937 g/mol. The zero-order chi connectivity index (χ0) is 48.0. The van der Waals surface area contributed by atoms with Gasteiger partial charge < -0.3 is 56.8 Å². The van der Waals surface area contributed by atoms with Gasteiger partial charge in [-0.25, -0.2) is 0 Å². The SMILES string of the molecule is CCC1OC2O[C@@H]3C(CC)O[C@@H](O[C@@H]4C(CC)O[C@@H](O[C@@H]5C(CC)O[C@@H](O[C@@H]6C(CC)O[C@@H](O[C@@H]7C(CC)O[C@@H](OC1[C@H](C)[C@@H]2C)C(C)[C@H]7C)C(C)[C@H]6C)C(C)[C@H]5C)C(C)[C@H]4C)C(C)[C@H]3C. The molecule has 0 spiro atoms. The first kappa shape index (κ1) is 53.3. The predicted octanol–water partition coefficient (Wildman–Crippen LogP) is 10.8. The van der Waals surface area contributed by atoms with Crippen molar-refractivity contribution in [3.05, 3.63) is 0 Å². The van der Waals surface area contributed by atoms with Crippen LogP contribution in [0.25, 0.3) is 0 Å². The van der Waals surface area contributed by atoms with Crippen LogP contribution in [0.4, 0.5) is 0 Å². The topological polar surface area (TPSA) is 111 Å². The summed E-state index contributed by atoms with van der Waals surface area (Å²) in [5, 5.41) is 0. The molecule has 384 valence electrons. The molecule has 22 aliphatic heterocycles. The van der Waals surface area contributed by atoms with Gasteiger partial charge in [-0.1, -0.05) is 125 Å². The fourth-order valence-electron chi connectivity index (χ4n) is 12.7. The van der Waals surface area contributed by atoms with Gasteiger partial charge in [0.1, 0.15) is 0 Å². The maximum Gasteiger partial charge on any atom is 0.161 e. The minimum atomic E-state index is -0.394. The molecule has 22 saturated heterocycles. The van der Waals surface area contributed by atoms with Crippen molar-refractivity contribution in [3.8, 4) is 0 Å². The zero-order valence-electron chi connectivity index (χ0n) is 44.5. The second-order valence-electron chi connectivity index (χ2n) is 22.6. The van der Waals surface area contributed by atoms with Crippen LogP contribution in [0.1, 0.15) is 163 Å². The molecule has 0 N–H and O–H groups in total. The lowest BCUT2D eigenvalue weighted by Gasteiger charge is -2.53. The number of hydrogen-bond donors (Lipinski definition) is 0. The quantitative estimate of drug-likeness (QED) is 0.253. The molecular formula is C54H96O12. The van der Waals surface area contributed by atoms with Gasteiger partial charge in [-0.05, 0) is 74.0 Å². The van der Waals surface area contributed by atoms with E-state index < -0.39 is 37.7 Å². The summed E-state index contributed by atoms with van der Waals surface area (Å²) in [6, 6.07) is 0. The second-order valence-corrected chi connectivity index (χ2v) is 22.6. The molecule has 0 aliphatic carbocycles. The van der Waals surface area contributed by atoms with Crippen LogP contribution in [0.2, 0.25) is 0 Å². The van der Waals surface area contributed by atoms with Gasteiger partial charge in [0.25, 0.3) is 0 Å². The summed E-state index contributed by atoms with van der Waals surface area (Å²) < 4.78 is 84.6. The molecule has 22 rings (SSSR count). The third-order valence-corrected chi connectivity index (χ3v) is 18.9. The van der Waals surface area contributed by atoms with Gasteiger partial charge in [0.2, 0.25) is 0 Å². The molecule has 22 fully saturated rings. The molecule has 0 aromatic rings. The van der Waals surface area contributed by atoms with E-state index in [4.69, 9.17) is 56.8 Å². The molecule has 12 nitrogen and oxygen atoms in total. The van der Waals surface area contributed by atoms with Crippen molar-refractivity contribution in [3.63, 3.8) is 0 Å². The van der Waals surface area contributed by atoms with Crippen molar-refractivity contribution in [1.29, 1.82) is 0 Å². The summed E-state index contributed by atoms with van der Waals surface area (Å²) in [5.41, 5.74) is 0. The van der Waals surface area contributed by atoms with Crippen molar-refractivity contribution in [2.75, 3.05) is 0 Å². The van der Waals surface area contributed by atoms with Gasteiger partial charge in [0.05, 0.1) is 73.2 Å². The van der Waals surface area contributed by atoms with E-state index in [9.17, 15) is 0 Å². The third kappa shape index (κ3) is 10.3. The van der Waals surface area contributed by atoms with E-state index >= 15 is 0 Å². The molecule has 13 unspecified atom stereocenters. The predicted molar refractivity (Wildman–Crippen MR) is 253 cm³/mol. The van der Waals surface area contributed by atoms with Crippen LogP contribution in [0, 0.1) is 71.0 Å². The Morgan fingerprint density at radius 1 is 0.182 bits per heavy atom. The van der Waals surface area contributed by atoms with Gasteiger partial charge >= 0.3 is 0 Å². The number of rotatable bonds is 6. The van der Waals surface area contributed by atoms with Crippen LogP contribution >= 0.6 is 0 Å². The molecule has 22 aliphatic rings. The summed E-state index contributed by atoms with van der Waals surface area (Å²) in [7, 11) is 0. The van der Waals surface area contributed by atoms with E-state index in [1.807, 2.05) is 0 Å².